The van der Waals surface area contributed by atoms with E-state index in [1.54, 1.807) is 0 Å². The van der Waals surface area contributed by atoms with Crippen LogP contribution < -0.4 is 5.32 Å². The van der Waals surface area contributed by atoms with E-state index in [2.05, 4.69) is 33.5 Å². The summed E-state index contributed by atoms with van der Waals surface area (Å²) >= 11 is 0. The molecule has 0 spiro atoms. The minimum atomic E-state index is 0.676. The van der Waals surface area contributed by atoms with Crippen molar-refractivity contribution < 1.29 is 0 Å². The van der Waals surface area contributed by atoms with Crippen molar-refractivity contribution in [2.24, 2.45) is 0 Å². The molecule has 15 heavy (non-hydrogen) atoms. The molecule has 1 fully saturated rings. The van der Waals surface area contributed by atoms with Crippen molar-refractivity contribution in [3.8, 4) is 0 Å². The third kappa shape index (κ3) is 1.39. The standard InChI is InChI=1S/C12H15N3/c1-13-9-5-6-10-11(7-9)15-12(14-10)8-3-2-4-8/h5-8,13H,2-4H2,1H3,(H,14,15). The average Bonchev–Trinajstić information content (AvgIpc) is 2.56. The van der Waals surface area contributed by atoms with E-state index in [4.69, 9.17) is 0 Å². The van der Waals surface area contributed by atoms with E-state index in [1.807, 2.05) is 7.05 Å². The van der Waals surface area contributed by atoms with Crippen molar-refractivity contribution in [1.82, 2.24) is 9.97 Å². The smallest absolute Gasteiger partial charge is 0.110 e. The molecule has 0 atom stereocenters. The van der Waals surface area contributed by atoms with Crippen LogP contribution in [0.4, 0.5) is 5.69 Å². The van der Waals surface area contributed by atoms with Gasteiger partial charge in [0.05, 0.1) is 11.0 Å². The Balaban J connectivity index is 2.04. The van der Waals surface area contributed by atoms with Gasteiger partial charge in [-0.3, -0.25) is 0 Å². The zero-order valence-electron chi connectivity index (χ0n) is 8.88. The van der Waals surface area contributed by atoms with Gasteiger partial charge in [-0.25, -0.2) is 4.98 Å². The number of aromatic amines is 1. The number of nitrogens with one attached hydrogen (secondary N) is 2. The van der Waals surface area contributed by atoms with Crippen LogP contribution in [0.5, 0.6) is 0 Å². The summed E-state index contributed by atoms with van der Waals surface area (Å²) in [5.41, 5.74) is 3.35. The maximum absolute atomic E-state index is 4.63. The molecule has 1 aliphatic carbocycles. The summed E-state index contributed by atoms with van der Waals surface area (Å²) in [4.78, 5) is 8.05. The van der Waals surface area contributed by atoms with Gasteiger partial charge >= 0.3 is 0 Å². The second-order valence-electron chi connectivity index (χ2n) is 4.23. The van der Waals surface area contributed by atoms with Gasteiger partial charge in [0, 0.05) is 18.7 Å². The fourth-order valence-electron chi connectivity index (χ4n) is 2.06. The minimum Gasteiger partial charge on any atom is -0.388 e. The van der Waals surface area contributed by atoms with Crippen molar-refractivity contribution in [2.75, 3.05) is 12.4 Å². The molecule has 1 saturated carbocycles. The molecule has 3 nitrogen and oxygen atoms in total. The zero-order chi connectivity index (χ0) is 10.3. The Morgan fingerprint density at radius 1 is 1.40 bits per heavy atom. The Hall–Kier alpha value is -1.51. The third-order valence-electron chi connectivity index (χ3n) is 3.28. The average molecular weight is 201 g/mol. The van der Waals surface area contributed by atoms with Gasteiger partial charge in [-0.1, -0.05) is 6.42 Å². The van der Waals surface area contributed by atoms with Crippen molar-refractivity contribution in [2.45, 2.75) is 25.2 Å². The van der Waals surface area contributed by atoms with Crippen molar-refractivity contribution in [3.05, 3.63) is 24.0 Å². The van der Waals surface area contributed by atoms with Crippen LogP contribution in [0.15, 0.2) is 18.2 Å². The van der Waals surface area contributed by atoms with Crippen LogP contribution >= 0.6 is 0 Å². The van der Waals surface area contributed by atoms with Crippen molar-refractivity contribution in [1.29, 1.82) is 0 Å². The molecule has 0 radical (unpaired) electrons. The number of rotatable bonds is 2. The molecule has 3 heteroatoms. The number of benzene rings is 1. The molecule has 3 rings (SSSR count). The molecule has 1 heterocycles. The molecule has 1 aliphatic rings. The van der Waals surface area contributed by atoms with E-state index < -0.39 is 0 Å². The molecule has 2 N–H and O–H groups in total. The molecule has 0 amide bonds. The Morgan fingerprint density at radius 2 is 2.27 bits per heavy atom. The maximum atomic E-state index is 4.63. The lowest BCUT2D eigenvalue weighted by atomic mass is 9.85. The number of H-pyrrole nitrogens is 1. The van der Waals surface area contributed by atoms with Crippen LogP contribution in [0, 0.1) is 0 Å². The second-order valence-corrected chi connectivity index (χ2v) is 4.23. The quantitative estimate of drug-likeness (QED) is 0.784. The van der Waals surface area contributed by atoms with Crippen LogP contribution in [0.3, 0.4) is 0 Å². The van der Waals surface area contributed by atoms with Gasteiger partial charge in [0.2, 0.25) is 0 Å². The van der Waals surface area contributed by atoms with E-state index in [9.17, 15) is 0 Å². The SMILES string of the molecule is CNc1ccc2nc(C3CCC3)[nH]c2c1. The van der Waals surface area contributed by atoms with E-state index in [0.717, 1.165) is 16.7 Å². The highest BCUT2D eigenvalue weighted by Crippen LogP contribution is 2.35. The number of hydrogen-bond donors (Lipinski definition) is 2. The fraction of sp³-hybridized carbons (Fsp3) is 0.417. The van der Waals surface area contributed by atoms with Gasteiger partial charge in [0.1, 0.15) is 5.82 Å². The molecule has 2 aromatic rings. The normalized spacial score (nSPS) is 16.6. The fourth-order valence-corrected chi connectivity index (χ4v) is 2.06. The van der Waals surface area contributed by atoms with Gasteiger partial charge in [0.25, 0.3) is 0 Å². The number of hydrogen-bond acceptors (Lipinski definition) is 2. The first-order valence-corrected chi connectivity index (χ1v) is 5.54. The molecule has 0 unspecified atom stereocenters. The van der Waals surface area contributed by atoms with E-state index in [0.29, 0.717) is 5.92 Å². The van der Waals surface area contributed by atoms with Crippen LogP contribution in [0.25, 0.3) is 11.0 Å². The molecule has 1 aromatic heterocycles. The number of fused-ring (bicyclic) bond motifs is 1. The number of imidazole rings is 1. The van der Waals surface area contributed by atoms with Crippen LogP contribution in [0.2, 0.25) is 0 Å². The number of nitrogens with zero attached hydrogens (tertiary/aromatic N) is 1. The largest absolute Gasteiger partial charge is 0.388 e. The van der Waals surface area contributed by atoms with E-state index >= 15 is 0 Å². The molecular weight excluding hydrogens is 186 g/mol. The van der Waals surface area contributed by atoms with E-state index in [1.165, 1.54) is 25.1 Å². The molecule has 0 aliphatic heterocycles. The van der Waals surface area contributed by atoms with E-state index in [-0.39, 0.29) is 0 Å². The maximum Gasteiger partial charge on any atom is 0.110 e. The molecule has 78 valence electrons. The number of anilines is 1. The second kappa shape index (κ2) is 3.26. The first-order valence-electron chi connectivity index (χ1n) is 5.54. The Kier molecular flexibility index (Phi) is 1.91. The first-order chi connectivity index (χ1) is 7.36. The summed E-state index contributed by atoms with van der Waals surface area (Å²) in [6.07, 6.45) is 3.93. The Labute approximate surface area is 88.9 Å². The lowest BCUT2D eigenvalue weighted by molar-refractivity contribution is 0.405. The summed E-state index contributed by atoms with van der Waals surface area (Å²) in [5, 5.41) is 3.14. The van der Waals surface area contributed by atoms with Gasteiger partial charge in [-0.15, -0.1) is 0 Å². The minimum absolute atomic E-state index is 0.676. The van der Waals surface area contributed by atoms with Gasteiger partial charge < -0.3 is 10.3 Å². The lowest BCUT2D eigenvalue weighted by Gasteiger charge is -2.22. The highest BCUT2D eigenvalue weighted by atomic mass is 14.9. The van der Waals surface area contributed by atoms with Crippen LogP contribution in [-0.4, -0.2) is 17.0 Å². The Bertz CT molecular complexity index is 483. The molecule has 0 bridgehead atoms. The van der Waals surface area contributed by atoms with Gasteiger partial charge in [-0.2, -0.15) is 0 Å². The van der Waals surface area contributed by atoms with Crippen molar-refractivity contribution in [3.63, 3.8) is 0 Å². The van der Waals surface area contributed by atoms with Crippen molar-refractivity contribution >= 4 is 16.7 Å². The predicted molar refractivity (Wildman–Crippen MR) is 62.2 cm³/mol. The van der Waals surface area contributed by atoms with Crippen LogP contribution in [0.1, 0.15) is 31.0 Å². The van der Waals surface area contributed by atoms with Gasteiger partial charge in [0.15, 0.2) is 0 Å². The molecule has 0 saturated heterocycles. The lowest BCUT2D eigenvalue weighted by Crippen LogP contribution is -2.10. The summed E-state index contributed by atoms with van der Waals surface area (Å²) in [7, 11) is 1.93. The molecular formula is C12H15N3. The third-order valence-corrected chi connectivity index (χ3v) is 3.28. The van der Waals surface area contributed by atoms with Crippen LogP contribution in [-0.2, 0) is 0 Å². The predicted octanol–water partition coefficient (Wildman–Crippen LogP) is 2.87. The summed E-state index contributed by atoms with van der Waals surface area (Å²) in [6.45, 7) is 0. The monoisotopic (exact) mass is 201 g/mol. The summed E-state index contributed by atoms with van der Waals surface area (Å²) in [5.74, 6) is 1.85. The highest BCUT2D eigenvalue weighted by Gasteiger charge is 2.22. The van der Waals surface area contributed by atoms with Gasteiger partial charge in [-0.05, 0) is 31.0 Å². The highest BCUT2D eigenvalue weighted by molar-refractivity contribution is 5.79. The number of aromatic nitrogens is 2. The molecule has 1 aromatic carbocycles. The summed E-state index contributed by atoms with van der Waals surface area (Å²) in [6, 6.07) is 6.25. The topological polar surface area (TPSA) is 40.7 Å². The Morgan fingerprint density at radius 3 is 2.93 bits per heavy atom. The zero-order valence-corrected chi connectivity index (χ0v) is 8.88. The summed E-state index contributed by atoms with van der Waals surface area (Å²) < 4.78 is 0. The first kappa shape index (κ1) is 8.77.